The Morgan fingerprint density at radius 2 is 2.21 bits per heavy atom. The second-order valence-corrected chi connectivity index (χ2v) is 4.48. The van der Waals surface area contributed by atoms with E-state index in [9.17, 15) is 4.79 Å². The highest BCUT2D eigenvalue weighted by Crippen LogP contribution is 2.20. The molecule has 1 rings (SSSR count). The van der Waals surface area contributed by atoms with E-state index in [0.29, 0.717) is 12.0 Å². The molecule has 1 amide bonds. The van der Waals surface area contributed by atoms with Gasteiger partial charge in [-0.3, -0.25) is 4.79 Å². The molecule has 1 N–H and O–H groups in total. The topological polar surface area (TPSA) is 38.3 Å². The molecular weight excluding hydrogens is 238 g/mol. The van der Waals surface area contributed by atoms with Gasteiger partial charge in [0.2, 0.25) is 0 Å². The van der Waals surface area contributed by atoms with Gasteiger partial charge in [0.15, 0.2) is 0 Å². The zero-order valence-electron chi connectivity index (χ0n) is 11.9. The molecule has 0 saturated carbocycles. The zero-order valence-corrected chi connectivity index (χ0v) is 11.9. The predicted molar refractivity (Wildman–Crippen MR) is 78.8 cm³/mol. The molecular formula is C16H23NO2. The van der Waals surface area contributed by atoms with Crippen LogP contribution in [0.2, 0.25) is 0 Å². The molecule has 0 radical (unpaired) electrons. The summed E-state index contributed by atoms with van der Waals surface area (Å²) in [5.74, 6) is 0.770. The summed E-state index contributed by atoms with van der Waals surface area (Å²) >= 11 is 0. The average molecular weight is 261 g/mol. The lowest BCUT2D eigenvalue weighted by atomic mass is 10.1. The molecule has 19 heavy (non-hydrogen) atoms. The van der Waals surface area contributed by atoms with Gasteiger partial charge < -0.3 is 10.1 Å². The molecule has 0 aliphatic heterocycles. The molecule has 0 fully saturated rings. The second kappa shape index (κ2) is 8.35. The van der Waals surface area contributed by atoms with Crippen molar-refractivity contribution in [3.8, 4) is 5.75 Å². The van der Waals surface area contributed by atoms with E-state index in [4.69, 9.17) is 4.74 Å². The first-order valence-electron chi connectivity index (χ1n) is 6.79. The normalized spacial score (nSPS) is 10.0. The van der Waals surface area contributed by atoms with Crippen molar-refractivity contribution in [1.29, 1.82) is 0 Å². The fourth-order valence-electron chi connectivity index (χ4n) is 1.91. The van der Waals surface area contributed by atoms with Crippen LogP contribution in [-0.2, 0) is 6.42 Å². The number of methoxy groups -OCH3 is 1. The van der Waals surface area contributed by atoms with Crippen LogP contribution in [0.25, 0.3) is 0 Å². The van der Waals surface area contributed by atoms with Crippen molar-refractivity contribution < 1.29 is 9.53 Å². The van der Waals surface area contributed by atoms with Gasteiger partial charge in [-0.25, -0.2) is 0 Å². The van der Waals surface area contributed by atoms with E-state index < -0.39 is 0 Å². The lowest BCUT2D eigenvalue weighted by Crippen LogP contribution is -2.24. The first-order chi connectivity index (χ1) is 9.22. The van der Waals surface area contributed by atoms with E-state index in [1.54, 1.807) is 19.3 Å². The van der Waals surface area contributed by atoms with Gasteiger partial charge in [0.25, 0.3) is 5.91 Å². The van der Waals surface area contributed by atoms with Crippen molar-refractivity contribution in [2.45, 2.75) is 32.6 Å². The lowest BCUT2D eigenvalue weighted by Gasteiger charge is -2.10. The van der Waals surface area contributed by atoms with E-state index in [1.807, 2.05) is 12.1 Å². The monoisotopic (exact) mass is 261 g/mol. The van der Waals surface area contributed by atoms with Crippen molar-refractivity contribution in [2.24, 2.45) is 0 Å². The number of carbonyl (C=O) groups is 1. The minimum Gasteiger partial charge on any atom is -0.496 e. The van der Waals surface area contributed by atoms with Gasteiger partial charge >= 0.3 is 0 Å². The predicted octanol–water partition coefficient (Wildman–Crippen LogP) is 3.34. The summed E-state index contributed by atoms with van der Waals surface area (Å²) < 4.78 is 5.27. The van der Waals surface area contributed by atoms with Crippen LogP contribution in [0.5, 0.6) is 5.75 Å². The maximum Gasteiger partial charge on any atom is 0.251 e. The Labute approximate surface area is 115 Å². The van der Waals surface area contributed by atoms with E-state index in [2.05, 4.69) is 18.8 Å². The van der Waals surface area contributed by atoms with E-state index in [0.717, 1.165) is 37.1 Å². The number of amides is 1. The second-order valence-electron chi connectivity index (χ2n) is 4.48. The van der Waals surface area contributed by atoms with Crippen molar-refractivity contribution in [3.05, 3.63) is 42.0 Å². The molecule has 0 aromatic heterocycles. The number of hydrogen-bond donors (Lipinski definition) is 1. The number of unbranched alkanes of at least 4 members (excludes halogenated alkanes) is 2. The smallest absolute Gasteiger partial charge is 0.251 e. The van der Waals surface area contributed by atoms with Crippen molar-refractivity contribution in [2.75, 3.05) is 13.7 Å². The number of ether oxygens (including phenoxy) is 1. The summed E-state index contributed by atoms with van der Waals surface area (Å²) in [6.07, 6.45) is 5.82. The molecule has 1 aromatic rings. The maximum atomic E-state index is 12.0. The van der Waals surface area contributed by atoms with Gasteiger partial charge in [-0.1, -0.05) is 25.8 Å². The van der Waals surface area contributed by atoms with E-state index in [-0.39, 0.29) is 5.91 Å². The van der Waals surface area contributed by atoms with Crippen LogP contribution >= 0.6 is 0 Å². The lowest BCUT2D eigenvalue weighted by molar-refractivity contribution is 0.0953. The van der Waals surface area contributed by atoms with Crippen LogP contribution in [0.3, 0.4) is 0 Å². The Morgan fingerprint density at radius 1 is 1.42 bits per heavy atom. The largest absolute Gasteiger partial charge is 0.496 e. The Morgan fingerprint density at radius 3 is 2.84 bits per heavy atom. The van der Waals surface area contributed by atoms with Gasteiger partial charge in [0.1, 0.15) is 5.75 Å². The molecule has 0 unspecified atom stereocenters. The van der Waals surface area contributed by atoms with Crippen molar-refractivity contribution in [1.82, 2.24) is 5.32 Å². The number of benzene rings is 1. The molecule has 0 spiro atoms. The third-order valence-corrected chi connectivity index (χ3v) is 2.97. The number of rotatable bonds is 8. The van der Waals surface area contributed by atoms with Crippen LogP contribution < -0.4 is 10.1 Å². The highest BCUT2D eigenvalue weighted by Gasteiger charge is 2.08. The van der Waals surface area contributed by atoms with Gasteiger partial charge in [-0.05, 0) is 36.6 Å². The van der Waals surface area contributed by atoms with E-state index in [1.165, 1.54) is 0 Å². The first-order valence-corrected chi connectivity index (χ1v) is 6.79. The third-order valence-electron chi connectivity index (χ3n) is 2.97. The SMILES string of the molecule is C=CCc1cc(C(=O)NCCCCC)ccc1OC. The summed E-state index contributed by atoms with van der Waals surface area (Å²) in [5, 5.41) is 2.93. The Hall–Kier alpha value is -1.77. The molecule has 104 valence electrons. The number of nitrogens with one attached hydrogen (secondary N) is 1. The summed E-state index contributed by atoms with van der Waals surface area (Å²) in [6.45, 7) is 6.60. The molecule has 1 aromatic carbocycles. The molecule has 0 bridgehead atoms. The number of allylic oxidation sites excluding steroid dienone is 1. The minimum absolute atomic E-state index is 0.0240. The molecule has 3 nitrogen and oxygen atoms in total. The Balaban J connectivity index is 2.69. The van der Waals surface area contributed by atoms with Gasteiger partial charge in [0.05, 0.1) is 7.11 Å². The first kappa shape index (κ1) is 15.3. The van der Waals surface area contributed by atoms with Crippen molar-refractivity contribution >= 4 is 5.91 Å². The fraction of sp³-hybridized carbons (Fsp3) is 0.438. The maximum absolute atomic E-state index is 12.0. The zero-order chi connectivity index (χ0) is 14.1. The highest BCUT2D eigenvalue weighted by atomic mass is 16.5. The standard InChI is InChI=1S/C16H23NO2/c1-4-6-7-11-17-16(18)14-9-10-15(19-3)13(12-14)8-5-2/h5,9-10,12H,2,4,6-8,11H2,1,3H3,(H,17,18). The number of carbonyl (C=O) groups excluding carboxylic acids is 1. The molecule has 0 atom stereocenters. The van der Waals surface area contributed by atoms with Crippen LogP contribution in [0.4, 0.5) is 0 Å². The highest BCUT2D eigenvalue weighted by molar-refractivity contribution is 5.94. The van der Waals surface area contributed by atoms with Gasteiger partial charge in [-0.2, -0.15) is 0 Å². The van der Waals surface area contributed by atoms with Crippen LogP contribution in [0.1, 0.15) is 42.1 Å². The Bertz CT molecular complexity index is 427. The van der Waals surface area contributed by atoms with Crippen LogP contribution in [0.15, 0.2) is 30.9 Å². The Kier molecular flexibility index (Phi) is 6.72. The summed E-state index contributed by atoms with van der Waals surface area (Å²) in [6, 6.07) is 5.50. The minimum atomic E-state index is -0.0240. The van der Waals surface area contributed by atoms with Gasteiger partial charge in [0, 0.05) is 12.1 Å². The summed E-state index contributed by atoms with van der Waals surface area (Å²) in [4.78, 5) is 12.0. The third kappa shape index (κ3) is 4.78. The van der Waals surface area contributed by atoms with Crippen LogP contribution in [-0.4, -0.2) is 19.6 Å². The van der Waals surface area contributed by atoms with E-state index >= 15 is 0 Å². The molecule has 3 heteroatoms. The fourth-order valence-corrected chi connectivity index (χ4v) is 1.91. The average Bonchev–Trinajstić information content (AvgIpc) is 2.43. The molecule has 0 aliphatic rings. The number of hydrogen-bond acceptors (Lipinski definition) is 2. The molecule has 0 saturated heterocycles. The summed E-state index contributed by atoms with van der Waals surface area (Å²) in [7, 11) is 1.63. The molecule has 0 aliphatic carbocycles. The van der Waals surface area contributed by atoms with Crippen molar-refractivity contribution in [3.63, 3.8) is 0 Å². The van der Waals surface area contributed by atoms with Gasteiger partial charge in [-0.15, -0.1) is 6.58 Å². The quantitative estimate of drug-likeness (QED) is 0.575. The summed E-state index contributed by atoms with van der Waals surface area (Å²) in [5.41, 5.74) is 1.66. The van der Waals surface area contributed by atoms with Crippen LogP contribution in [0, 0.1) is 0 Å². The molecule has 0 heterocycles.